The fourth-order valence-electron chi connectivity index (χ4n) is 6.70. The third-order valence-corrected chi connectivity index (χ3v) is 8.98. The Bertz CT molecular complexity index is 999. The summed E-state index contributed by atoms with van der Waals surface area (Å²) in [5.74, 6) is -1.37. The van der Waals surface area contributed by atoms with Gasteiger partial charge in [0.15, 0.2) is 5.60 Å². The number of carbonyl (C=O) groups is 2. The summed E-state index contributed by atoms with van der Waals surface area (Å²) >= 11 is 0. The Labute approximate surface area is 195 Å². The Balaban J connectivity index is 1.62. The zero-order valence-electron chi connectivity index (χ0n) is 19.8. The van der Waals surface area contributed by atoms with E-state index in [-0.39, 0.29) is 35.3 Å². The van der Waals surface area contributed by atoms with Crippen molar-refractivity contribution in [1.82, 2.24) is 0 Å². The lowest BCUT2D eigenvalue weighted by Gasteiger charge is -2.35. The molecule has 5 rings (SSSR count). The number of ketones is 1. The van der Waals surface area contributed by atoms with Gasteiger partial charge in [-0.15, -0.1) is 0 Å². The summed E-state index contributed by atoms with van der Waals surface area (Å²) in [5, 5.41) is 21.5. The van der Waals surface area contributed by atoms with Gasteiger partial charge in [-0.25, -0.2) is 4.79 Å². The molecule has 2 N–H and O–H groups in total. The minimum absolute atomic E-state index is 0.0381. The molecule has 0 radical (unpaired) electrons. The molecule has 3 fully saturated rings. The molecule has 0 unspecified atom stereocenters. The van der Waals surface area contributed by atoms with Gasteiger partial charge in [0.2, 0.25) is 5.78 Å². The van der Waals surface area contributed by atoms with E-state index in [1.54, 1.807) is 30.3 Å². The molecule has 1 heterocycles. The predicted octanol–water partition coefficient (Wildman–Crippen LogP) is 3.31. The number of Topliss-reactive ketones (excluding diaryl/α,β-unsaturated/α-hetero) is 1. The second kappa shape index (κ2) is 7.49. The number of hydrogen-bond donors (Lipinski definition) is 2. The summed E-state index contributed by atoms with van der Waals surface area (Å²) in [5.41, 5.74) is -1.39. The van der Waals surface area contributed by atoms with Gasteiger partial charge >= 0.3 is 5.97 Å². The van der Waals surface area contributed by atoms with Crippen LogP contribution in [0.1, 0.15) is 57.3 Å². The number of ether oxygens (including phenoxy) is 2. The van der Waals surface area contributed by atoms with Crippen LogP contribution in [0.3, 0.4) is 0 Å². The van der Waals surface area contributed by atoms with E-state index in [0.717, 1.165) is 12.8 Å². The molecule has 1 aromatic rings. The third-order valence-electron chi connectivity index (χ3n) is 8.98. The molecular formula is C27H34O6. The number of benzene rings is 1. The largest absolute Gasteiger partial charge is 0.447 e. The molecule has 2 saturated carbocycles. The molecule has 178 valence electrons. The molecular weight excluding hydrogens is 420 g/mol. The Hall–Kier alpha value is -2.02. The molecule has 0 spiro atoms. The smallest absolute Gasteiger partial charge is 0.339 e. The van der Waals surface area contributed by atoms with Crippen LogP contribution in [0, 0.1) is 29.1 Å². The number of carbonyl (C=O) groups excluding carboxylic acids is 2. The van der Waals surface area contributed by atoms with Crippen LogP contribution in [0.4, 0.5) is 0 Å². The number of epoxide rings is 1. The van der Waals surface area contributed by atoms with Crippen molar-refractivity contribution < 1.29 is 29.3 Å². The molecule has 4 aliphatic rings. The number of hydrogen-bond acceptors (Lipinski definition) is 6. The number of aliphatic hydroxyl groups is 2. The van der Waals surface area contributed by atoms with Gasteiger partial charge in [-0.05, 0) is 55.1 Å². The molecule has 1 aromatic carbocycles. The number of fused-ring (bicyclic) bond motifs is 4. The van der Waals surface area contributed by atoms with Crippen molar-refractivity contribution in [2.24, 2.45) is 29.1 Å². The van der Waals surface area contributed by atoms with Crippen molar-refractivity contribution in [3.63, 3.8) is 0 Å². The molecule has 1 aliphatic heterocycles. The molecule has 33 heavy (non-hydrogen) atoms. The first-order valence-electron chi connectivity index (χ1n) is 12.1. The Kier molecular flexibility index (Phi) is 5.16. The molecule has 0 amide bonds. The predicted molar refractivity (Wildman–Crippen MR) is 121 cm³/mol. The van der Waals surface area contributed by atoms with Crippen LogP contribution in [-0.2, 0) is 14.3 Å². The highest BCUT2D eigenvalue weighted by molar-refractivity contribution is 6.05. The SMILES string of the molecule is C[C@H]1C[C@]2(OC(=O)c3ccccc3)C(=O)/C(CO)=C\[C@@H]3[C@H](CC[C@@]4(C)O[C@@H]4[C@H]2[C@H]1O)C3(C)C. The molecule has 3 aliphatic carbocycles. The monoisotopic (exact) mass is 454 g/mol. The zero-order valence-corrected chi connectivity index (χ0v) is 19.8. The van der Waals surface area contributed by atoms with Gasteiger partial charge < -0.3 is 19.7 Å². The fraction of sp³-hybridized carbons (Fsp3) is 0.630. The third kappa shape index (κ3) is 3.41. The lowest BCUT2D eigenvalue weighted by molar-refractivity contribution is -0.142. The van der Waals surface area contributed by atoms with Gasteiger partial charge in [0.05, 0.1) is 35.9 Å². The lowest BCUT2D eigenvalue weighted by atomic mass is 9.77. The first-order valence-corrected chi connectivity index (χ1v) is 12.1. The van der Waals surface area contributed by atoms with Gasteiger partial charge in [-0.3, -0.25) is 4.79 Å². The summed E-state index contributed by atoms with van der Waals surface area (Å²) in [6.45, 7) is 7.85. The number of rotatable bonds is 3. The van der Waals surface area contributed by atoms with E-state index in [1.165, 1.54) is 0 Å². The topological polar surface area (TPSA) is 96.4 Å². The highest BCUT2D eigenvalue weighted by Gasteiger charge is 2.71. The Morgan fingerprint density at radius 1 is 1.21 bits per heavy atom. The molecule has 0 bridgehead atoms. The van der Waals surface area contributed by atoms with Crippen molar-refractivity contribution in [2.75, 3.05) is 6.61 Å². The minimum Gasteiger partial charge on any atom is -0.447 e. The van der Waals surface area contributed by atoms with E-state index in [4.69, 9.17) is 9.47 Å². The van der Waals surface area contributed by atoms with Crippen molar-refractivity contribution >= 4 is 11.8 Å². The van der Waals surface area contributed by atoms with E-state index < -0.39 is 41.6 Å². The second-order valence-corrected chi connectivity index (χ2v) is 11.4. The molecule has 1 saturated heterocycles. The van der Waals surface area contributed by atoms with Gasteiger partial charge in [-0.1, -0.05) is 45.0 Å². The van der Waals surface area contributed by atoms with E-state index in [2.05, 4.69) is 13.8 Å². The molecule has 0 aromatic heterocycles. The maximum atomic E-state index is 14.1. The summed E-state index contributed by atoms with van der Waals surface area (Å²) < 4.78 is 12.3. The highest BCUT2D eigenvalue weighted by Crippen LogP contribution is 2.64. The van der Waals surface area contributed by atoms with Crippen LogP contribution in [0.2, 0.25) is 0 Å². The summed E-state index contributed by atoms with van der Waals surface area (Å²) in [4.78, 5) is 27.4. The molecule has 6 heteroatoms. The van der Waals surface area contributed by atoms with Crippen LogP contribution in [0.25, 0.3) is 0 Å². The standard InChI is InChI=1S/C27H34O6/c1-15-13-27(33-24(31)16-8-6-5-7-9-16)20(21(15)29)23-26(4,32-23)11-10-18-19(25(18,2)3)12-17(14-28)22(27)30/h5-9,12,15,18-21,23,28-29H,10-11,13-14H2,1-4H3/b17-12-/t15-,18-,19+,20+,21-,23+,26+,27+/m0/s1. The Morgan fingerprint density at radius 2 is 1.91 bits per heavy atom. The van der Waals surface area contributed by atoms with Gasteiger partial charge in [0, 0.05) is 12.0 Å². The lowest BCUT2D eigenvalue weighted by Crippen LogP contribution is -2.52. The van der Waals surface area contributed by atoms with Crippen LogP contribution in [0.15, 0.2) is 42.0 Å². The van der Waals surface area contributed by atoms with Crippen LogP contribution >= 0.6 is 0 Å². The average Bonchev–Trinajstić information content (AvgIpc) is 3.56. The second-order valence-electron chi connectivity index (χ2n) is 11.4. The maximum absolute atomic E-state index is 14.1. The normalized spacial score (nSPS) is 44.9. The number of esters is 1. The van der Waals surface area contributed by atoms with E-state index >= 15 is 0 Å². The fourth-order valence-corrected chi connectivity index (χ4v) is 6.70. The maximum Gasteiger partial charge on any atom is 0.339 e. The number of allylic oxidation sites excluding steroid dienone is 1. The highest BCUT2D eigenvalue weighted by atomic mass is 16.6. The average molecular weight is 455 g/mol. The number of aliphatic hydroxyl groups excluding tert-OH is 2. The summed E-state index contributed by atoms with van der Waals surface area (Å²) in [6.07, 6.45) is 2.63. The van der Waals surface area contributed by atoms with Crippen molar-refractivity contribution in [3.8, 4) is 0 Å². The molecule has 6 nitrogen and oxygen atoms in total. The summed E-state index contributed by atoms with van der Waals surface area (Å²) in [6, 6.07) is 8.59. The van der Waals surface area contributed by atoms with Crippen LogP contribution < -0.4 is 0 Å². The van der Waals surface area contributed by atoms with Gasteiger partial charge in [0.25, 0.3) is 0 Å². The van der Waals surface area contributed by atoms with E-state index in [9.17, 15) is 19.8 Å². The summed E-state index contributed by atoms with van der Waals surface area (Å²) in [7, 11) is 0. The Morgan fingerprint density at radius 3 is 2.58 bits per heavy atom. The van der Waals surface area contributed by atoms with Crippen molar-refractivity contribution in [2.45, 2.75) is 70.4 Å². The first-order chi connectivity index (χ1) is 15.5. The zero-order chi connectivity index (χ0) is 23.8. The van der Waals surface area contributed by atoms with Gasteiger partial charge in [-0.2, -0.15) is 0 Å². The van der Waals surface area contributed by atoms with E-state index in [0.29, 0.717) is 11.5 Å². The van der Waals surface area contributed by atoms with Crippen molar-refractivity contribution in [1.29, 1.82) is 0 Å². The quantitative estimate of drug-likeness (QED) is 0.537. The molecule has 8 atom stereocenters. The van der Waals surface area contributed by atoms with Crippen LogP contribution in [0.5, 0.6) is 0 Å². The minimum atomic E-state index is -1.58. The van der Waals surface area contributed by atoms with Crippen molar-refractivity contribution in [3.05, 3.63) is 47.5 Å². The van der Waals surface area contributed by atoms with Crippen LogP contribution in [-0.4, -0.2) is 52.0 Å². The first kappa shape index (κ1) is 22.8. The van der Waals surface area contributed by atoms with E-state index in [1.807, 2.05) is 19.9 Å². The van der Waals surface area contributed by atoms with Gasteiger partial charge in [0.1, 0.15) is 0 Å².